The third-order valence-corrected chi connectivity index (χ3v) is 2.58. The summed E-state index contributed by atoms with van der Waals surface area (Å²) < 4.78 is 5.45. The lowest BCUT2D eigenvalue weighted by molar-refractivity contribution is -0.385. The van der Waals surface area contributed by atoms with Crippen molar-refractivity contribution < 1.29 is 9.66 Å². The number of nitrogens with zero attached hydrogens (tertiary/aromatic N) is 3. The lowest BCUT2D eigenvalue weighted by Crippen LogP contribution is -1.96. The van der Waals surface area contributed by atoms with Gasteiger partial charge in [0.2, 0.25) is 11.6 Å². The van der Waals surface area contributed by atoms with Gasteiger partial charge in [0.05, 0.1) is 16.6 Å². The van der Waals surface area contributed by atoms with E-state index in [-0.39, 0.29) is 17.3 Å². The first kappa shape index (κ1) is 13.5. The second-order valence-corrected chi connectivity index (χ2v) is 4.28. The Balaban J connectivity index is 2.42. The van der Waals surface area contributed by atoms with Crippen LogP contribution in [0.4, 0.5) is 5.69 Å². The van der Waals surface area contributed by atoms with Gasteiger partial charge in [0, 0.05) is 17.8 Å². The van der Waals surface area contributed by atoms with Gasteiger partial charge in [0.1, 0.15) is 0 Å². The predicted octanol–water partition coefficient (Wildman–Crippen LogP) is 3.27. The number of hydrogen-bond donors (Lipinski definition) is 0. The standard InChI is InChI=1S/C14H11N3O3/c1-9-3-4-13(12(5-9)17(18)19)20-14-7-11(8-15)6-10(2)16-14/h3-7H,1-2H3. The van der Waals surface area contributed by atoms with Crippen LogP contribution in [0, 0.1) is 35.3 Å². The highest BCUT2D eigenvalue weighted by molar-refractivity contribution is 5.50. The lowest BCUT2D eigenvalue weighted by atomic mass is 10.2. The summed E-state index contributed by atoms with van der Waals surface area (Å²) in [6, 6.07) is 9.69. The summed E-state index contributed by atoms with van der Waals surface area (Å²) in [5.74, 6) is 0.260. The molecule has 0 amide bonds. The topological polar surface area (TPSA) is 89.0 Å². The summed E-state index contributed by atoms with van der Waals surface area (Å²) >= 11 is 0. The molecule has 0 spiro atoms. The van der Waals surface area contributed by atoms with Crippen molar-refractivity contribution in [2.45, 2.75) is 13.8 Å². The van der Waals surface area contributed by atoms with E-state index in [0.717, 1.165) is 5.56 Å². The van der Waals surface area contributed by atoms with Crippen LogP contribution in [0.2, 0.25) is 0 Å². The largest absolute Gasteiger partial charge is 0.432 e. The van der Waals surface area contributed by atoms with Gasteiger partial charge in [-0.05, 0) is 31.5 Å². The highest BCUT2D eigenvalue weighted by atomic mass is 16.6. The number of hydrogen-bond acceptors (Lipinski definition) is 5. The van der Waals surface area contributed by atoms with Crippen molar-refractivity contribution in [3.63, 3.8) is 0 Å². The van der Waals surface area contributed by atoms with Gasteiger partial charge in [-0.1, -0.05) is 6.07 Å². The van der Waals surface area contributed by atoms with Gasteiger partial charge in [0.25, 0.3) is 0 Å². The van der Waals surface area contributed by atoms with Crippen LogP contribution in [0.25, 0.3) is 0 Å². The number of ether oxygens (including phenoxy) is 1. The molecule has 0 saturated heterocycles. The van der Waals surface area contributed by atoms with Crippen molar-refractivity contribution in [2.75, 3.05) is 0 Å². The van der Waals surface area contributed by atoms with E-state index in [4.69, 9.17) is 10.00 Å². The Morgan fingerprint density at radius 1 is 1.30 bits per heavy atom. The second-order valence-electron chi connectivity index (χ2n) is 4.28. The molecular weight excluding hydrogens is 258 g/mol. The fourth-order valence-corrected chi connectivity index (χ4v) is 1.72. The molecule has 6 heteroatoms. The molecule has 0 fully saturated rings. The first-order chi connectivity index (χ1) is 9.49. The van der Waals surface area contributed by atoms with Gasteiger partial charge < -0.3 is 4.74 Å². The average molecular weight is 269 g/mol. The SMILES string of the molecule is Cc1ccc(Oc2cc(C#N)cc(C)n2)c([N+](=O)[O-])c1. The summed E-state index contributed by atoms with van der Waals surface area (Å²) in [6.45, 7) is 3.48. The Hall–Kier alpha value is -2.94. The molecule has 0 aliphatic rings. The van der Waals surface area contributed by atoms with E-state index in [1.54, 1.807) is 26.0 Å². The molecule has 0 bridgehead atoms. The monoisotopic (exact) mass is 269 g/mol. The Labute approximate surface area is 115 Å². The van der Waals surface area contributed by atoms with Crippen molar-refractivity contribution in [3.8, 4) is 17.7 Å². The first-order valence-electron chi connectivity index (χ1n) is 5.81. The number of aromatic nitrogens is 1. The van der Waals surface area contributed by atoms with Crippen molar-refractivity contribution in [1.29, 1.82) is 5.26 Å². The number of benzene rings is 1. The van der Waals surface area contributed by atoms with E-state index < -0.39 is 4.92 Å². The van der Waals surface area contributed by atoms with Crippen LogP contribution in [-0.4, -0.2) is 9.91 Å². The summed E-state index contributed by atoms with van der Waals surface area (Å²) in [7, 11) is 0. The third-order valence-electron chi connectivity index (χ3n) is 2.58. The molecule has 0 radical (unpaired) electrons. The van der Waals surface area contributed by atoms with Gasteiger partial charge in [-0.3, -0.25) is 10.1 Å². The van der Waals surface area contributed by atoms with E-state index in [9.17, 15) is 10.1 Å². The molecule has 0 atom stereocenters. The van der Waals surface area contributed by atoms with Crippen LogP contribution in [0.3, 0.4) is 0 Å². The van der Waals surface area contributed by atoms with Gasteiger partial charge in [-0.15, -0.1) is 0 Å². The Morgan fingerprint density at radius 3 is 2.70 bits per heavy atom. The number of rotatable bonds is 3. The van der Waals surface area contributed by atoms with Crippen molar-refractivity contribution in [2.24, 2.45) is 0 Å². The molecule has 1 aromatic heterocycles. The molecule has 2 rings (SSSR count). The fourth-order valence-electron chi connectivity index (χ4n) is 1.72. The summed E-state index contributed by atoms with van der Waals surface area (Å²) in [4.78, 5) is 14.6. The Kier molecular flexibility index (Phi) is 3.62. The summed E-state index contributed by atoms with van der Waals surface area (Å²) in [6.07, 6.45) is 0. The first-order valence-corrected chi connectivity index (χ1v) is 5.81. The van der Waals surface area contributed by atoms with E-state index in [0.29, 0.717) is 11.3 Å². The second kappa shape index (κ2) is 5.36. The van der Waals surface area contributed by atoms with Crippen LogP contribution in [0.1, 0.15) is 16.8 Å². The van der Waals surface area contributed by atoms with Gasteiger partial charge >= 0.3 is 5.69 Å². The van der Waals surface area contributed by atoms with Crippen molar-refractivity contribution in [1.82, 2.24) is 4.98 Å². The zero-order valence-corrected chi connectivity index (χ0v) is 11.0. The van der Waals surface area contributed by atoms with E-state index in [2.05, 4.69) is 4.98 Å². The normalized spacial score (nSPS) is 9.85. The Bertz CT molecular complexity index is 720. The molecule has 1 aromatic carbocycles. The number of nitro benzene ring substituents is 1. The maximum absolute atomic E-state index is 11.0. The average Bonchev–Trinajstić information content (AvgIpc) is 2.40. The van der Waals surface area contributed by atoms with Crippen LogP contribution in [0.5, 0.6) is 11.6 Å². The maximum Gasteiger partial charge on any atom is 0.311 e. The minimum Gasteiger partial charge on any atom is -0.432 e. The molecular formula is C14H11N3O3. The molecule has 1 heterocycles. The number of nitro groups is 1. The smallest absolute Gasteiger partial charge is 0.311 e. The highest BCUT2D eigenvalue weighted by Crippen LogP contribution is 2.31. The highest BCUT2D eigenvalue weighted by Gasteiger charge is 2.16. The van der Waals surface area contributed by atoms with E-state index in [1.807, 2.05) is 6.07 Å². The number of nitriles is 1. The van der Waals surface area contributed by atoms with Crippen LogP contribution in [-0.2, 0) is 0 Å². The Morgan fingerprint density at radius 2 is 2.05 bits per heavy atom. The number of aryl methyl sites for hydroxylation is 2. The van der Waals surface area contributed by atoms with Crippen molar-refractivity contribution >= 4 is 5.69 Å². The van der Waals surface area contributed by atoms with Gasteiger partial charge in [-0.25, -0.2) is 4.98 Å². The van der Waals surface area contributed by atoms with Crippen LogP contribution in [0.15, 0.2) is 30.3 Å². The summed E-state index contributed by atoms with van der Waals surface area (Å²) in [5.41, 5.74) is 1.63. The molecule has 6 nitrogen and oxygen atoms in total. The molecule has 0 aliphatic heterocycles. The third kappa shape index (κ3) is 2.90. The quantitative estimate of drug-likeness (QED) is 0.630. The zero-order chi connectivity index (χ0) is 14.7. The van der Waals surface area contributed by atoms with Crippen molar-refractivity contribution in [3.05, 3.63) is 57.3 Å². The van der Waals surface area contributed by atoms with Gasteiger partial charge in [-0.2, -0.15) is 5.26 Å². The summed E-state index contributed by atoms with van der Waals surface area (Å²) in [5, 5.41) is 19.9. The fraction of sp³-hybridized carbons (Fsp3) is 0.143. The molecule has 100 valence electrons. The molecule has 20 heavy (non-hydrogen) atoms. The van der Waals surface area contributed by atoms with Gasteiger partial charge in [0.15, 0.2) is 0 Å². The number of pyridine rings is 1. The molecule has 0 N–H and O–H groups in total. The van der Waals surface area contributed by atoms with E-state index in [1.165, 1.54) is 18.2 Å². The molecule has 2 aromatic rings. The predicted molar refractivity (Wildman–Crippen MR) is 71.6 cm³/mol. The maximum atomic E-state index is 11.0. The zero-order valence-electron chi connectivity index (χ0n) is 11.0. The molecule has 0 saturated carbocycles. The molecule has 0 unspecified atom stereocenters. The minimum absolute atomic E-state index is 0.0996. The van der Waals surface area contributed by atoms with Crippen LogP contribution >= 0.6 is 0 Å². The lowest BCUT2D eigenvalue weighted by Gasteiger charge is -2.07. The van der Waals surface area contributed by atoms with E-state index >= 15 is 0 Å². The van der Waals surface area contributed by atoms with Crippen LogP contribution < -0.4 is 4.74 Å². The molecule has 0 aliphatic carbocycles. The minimum atomic E-state index is -0.511.